The maximum atomic E-state index is 3.85. The SMILES string of the molecule is C1=C2c3ccccc3-c3cccc(c32)NC1c1ccc(-n2c3ccccc3c3cc4cc(-c5ccc6cc7c(cc6c5)c5ccccc5n7-c5ccccc5)ccc4cc32)cc1. The van der Waals surface area contributed by atoms with E-state index < -0.39 is 0 Å². The van der Waals surface area contributed by atoms with Crippen LogP contribution in [-0.2, 0) is 0 Å². The first-order valence-corrected chi connectivity index (χ1v) is 21.5. The highest BCUT2D eigenvalue weighted by atomic mass is 15.0. The normalized spacial score (nSPS) is 14.2. The van der Waals surface area contributed by atoms with Crippen molar-refractivity contribution >= 4 is 76.4 Å². The molecule has 0 fully saturated rings. The Labute approximate surface area is 358 Å². The van der Waals surface area contributed by atoms with Gasteiger partial charge in [0.05, 0.1) is 28.1 Å². The van der Waals surface area contributed by atoms with Gasteiger partial charge in [0.2, 0.25) is 0 Å². The second kappa shape index (κ2) is 12.7. The Morgan fingerprint density at radius 3 is 1.55 bits per heavy atom. The number of nitrogens with zero attached hydrogens (tertiary/aromatic N) is 2. The first kappa shape index (κ1) is 33.7. The molecule has 0 radical (unpaired) electrons. The highest BCUT2D eigenvalue weighted by Gasteiger charge is 2.30. The molecule has 0 saturated carbocycles. The van der Waals surface area contributed by atoms with Gasteiger partial charge in [0.1, 0.15) is 0 Å². The van der Waals surface area contributed by atoms with Gasteiger partial charge in [0.15, 0.2) is 0 Å². The Morgan fingerprint density at radius 2 is 0.903 bits per heavy atom. The summed E-state index contributed by atoms with van der Waals surface area (Å²) in [5.74, 6) is 0. The lowest BCUT2D eigenvalue weighted by Crippen LogP contribution is -2.14. The minimum Gasteiger partial charge on any atom is -0.374 e. The summed E-state index contributed by atoms with van der Waals surface area (Å²) < 4.78 is 4.82. The maximum Gasteiger partial charge on any atom is 0.0707 e. The van der Waals surface area contributed by atoms with Crippen molar-refractivity contribution in [1.29, 1.82) is 0 Å². The van der Waals surface area contributed by atoms with Gasteiger partial charge in [-0.25, -0.2) is 0 Å². The third-order valence-electron chi connectivity index (χ3n) is 13.6. The number of anilines is 1. The molecule has 10 aromatic carbocycles. The average molecular weight is 788 g/mol. The van der Waals surface area contributed by atoms with E-state index in [4.69, 9.17) is 0 Å². The van der Waals surface area contributed by atoms with Crippen LogP contribution >= 0.6 is 0 Å². The fourth-order valence-corrected chi connectivity index (χ4v) is 10.8. The van der Waals surface area contributed by atoms with Gasteiger partial charge in [0.25, 0.3) is 0 Å². The molecule has 1 aliphatic carbocycles. The van der Waals surface area contributed by atoms with Crippen LogP contribution in [0.15, 0.2) is 212 Å². The first-order valence-electron chi connectivity index (χ1n) is 21.5. The molecule has 3 heteroatoms. The summed E-state index contributed by atoms with van der Waals surface area (Å²) in [4.78, 5) is 0. The molecule has 3 nitrogen and oxygen atoms in total. The van der Waals surface area contributed by atoms with Gasteiger partial charge in [0, 0.05) is 44.2 Å². The summed E-state index contributed by atoms with van der Waals surface area (Å²) in [5, 5.41) is 13.9. The highest BCUT2D eigenvalue weighted by Crippen LogP contribution is 2.51. The number of hydrogen-bond acceptors (Lipinski definition) is 1. The number of fused-ring (bicyclic) bond motifs is 11. The maximum absolute atomic E-state index is 3.85. The number of hydrogen-bond donors (Lipinski definition) is 1. The Balaban J connectivity index is 0.845. The van der Waals surface area contributed by atoms with Gasteiger partial charge >= 0.3 is 0 Å². The smallest absolute Gasteiger partial charge is 0.0707 e. The van der Waals surface area contributed by atoms with E-state index in [0.29, 0.717) is 0 Å². The largest absolute Gasteiger partial charge is 0.374 e. The molecule has 12 aromatic rings. The second-order valence-corrected chi connectivity index (χ2v) is 17.0. The Kier molecular flexibility index (Phi) is 6.89. The third kappa shape index (κ3) is 4.82. The lowest BCUT2D eigenvalue weighted by molar-refractivity contribution is 0.972. The zero-order chi connectivity index (χ0) is 40.5. The summed E-state index contributed by atoms with van der Waals surface area (Å²) in [6.07, 6.45) is 2.41. The molecule has 1 atom stereocenters. The van der Waals surface area contributed by atoms with Crippen molar-refractivity contribution in [2.45, 2.75) is 6.04 Å². The molecule has 288 valence electrons. The van der Waals surface area contributed by atoms with E-state index in [1.54, 1.807) is 0 Å². The van der Waals surface area contributed by atoms with Crippen molar-refractivity contribution in [2.24, 2.45) is 0 Å². The summed E-state index contributed by atoms with van der Waals surface area (Å²) in [7, 11) is 0. The first-order chi connectivity index (χ1) is 30.7. The third-order valence-corrected chi connectivity index (χ3v) is 13.6. The van der Waals surface area contributed by atoms with Crippen molar-refractivity contribution in [3.63, 3.8) is 0 Å². The number of para-hydroxylation sites is 3. The van der Waals surface area contributed by atoms with Crippen LogP contribution < -0.4 is 5.32 Å². The molecule has 1 unspecified atom stereocenters. The summed E-state index contributed by atoms with van der Waals surface area (Å²) in [5.41, 5.74) is 18.7. The molecule has 0 bridgehead atoms. The van der Waals surface area contributed by atoms with Crippen LogP contribution in [0.5, 0.6) is 0 Å². The molecule has 0 saturated heterocycles. The molecule has 0 amide bonds. The van der Waals surface area contributed by atoms with E-state index in [1.807, 2.05) is 0 Å². The Morgan fingerprint density at radius 1 is 0.355 bits per heavy atom. The fourth-order valence-electron chi connectivity index (χ4n) is 10.8. The topological polar surface area (TPSA) is 21.9 Å². The highest BCUT2D eigenvalue weighted by molar-refractivity contribution is 6.15. The van der Waals surface area contributed by atoms with E-state index >= 15 is 0 Å². The quantitative estimate of drug-likeness (QED) is 0.189. The van der Waals surface area contributed by atoms with E-state index in [1.165, 1.54) is 121 Å². The molecule has 2 aliphatic rings. The number of rotatable bonds is 4. The molecule has 2 aromatic heterocycles. The van der Waals surface area contributed by atoms with Gasteiger partial charge in [-0.15, -0.1) is 0 Å². The molecular weight excluding hydrogens is 751 g/mol. The second-order valence-electron chi connectivity index (χ2n) is 17.0. The number of aromatic nitrogens is 2. The monoisotopic (exact) mass is 787 g/mol. The van der Waals surface area contributed by atoms with Crippen molar-refractivity contribution in [3.8, 4) is 33.6 Å². The Hall–Kier alpha value is -8.14. The zero-order valence-corrected chi connectivity index (χ0v) is 33.7. The molecule has 1 aliphatic heterocycles. The average Bonchev–Trinajstić information content (AvgIpc) is 3.95. The minimum absolute atomic E-state index is 0.0781. The van der Waals surface area contributed by atoms with Crippen LogP contribution in [0.25, 0.3) is 104 Å². The zero-order valence-electron chi connectivity index (χ0n) is 33.7. The van der Waals surface area contributed by atoms with Crippen molar-refractivity contribution < 1.29 is 0 Å². The fraction of sp³-hybridized carbons (Fsp3) is 0.0169. The molecule has 3 heterocycles. The summed E-state index contributed by atoms with van der Waals surface area (Å²) >= 11 is 0. The van der Waals surface area contributed by atoms with Crippen LogP contribution in [0, 0.1) is 0 Å². The van der Waals surface area contributed by atoms with Crippen molar-refractivity contribution in [2.75, 3.05) is 5.32 Å². The van der Waals surface area contributed by atoms with Crippen LogP contribution in [-0.4, -0.2) is 9.13 Å². The van der Waals surface area contributed by atoms with Crippen molar-refractivity contribution in [3.05, 3.63) is 229 Å². The van der Waals surface area contributed by atoms with Crippen LogP contribution in [0.1, 0.15) is 22.7 Å². The van der Waals surface area contributed by atoms with Gasteiger partial charge in [-0.3, -0.25) is 0 Å². The molecule has 14 rings (SSSR count). The van der Waals surface area contributed by atoms with Gasteiger partial charge in [-0.1, -0.05) is 127 Å². The predicted molar refractivity (Wildman–Crippen MR) is 261 cm³/mol. The van der Waals surface area contributed by atoms with Crippen molar-refractivity contribution in [1.82, 2.24) is 9.13 Å². The lowest BCUT2D eigenvalue weighted by atomic mass is 9.93. The van der Waals surface area contributed by atoms with Crippen LogP contribution in [0.3, 0.4) is 0 Å². The van der Waals surface area contributed by atoms with E-state index in [2.05, 4.69) is 227 Å². The molecule has 0 spiro atoms. The Bertz CT molecular complexity index is 3880. The van der Waals surface area contributed by atoms with Crippen LogP contribution in [0.2, 0.25) is 0 Å². The van der Waals surface area contributed by atoms with Crippen LogP contribution in [0.4, 0.5) is 5.69 Å². The number of benzene rings is 10. The standard InChI is InChI=1S/C59H37N3/c1-2-11-43(12-3-1)61-55-19-8-6-15-47(55)50-31-41-29-37(21-23-39(41)33-57(50)61)38-22-24-40-34-58-51(32-42(40)30-38)48-16-7-9-20-56(48)62(58)44-27-25-36(26-28-44)54-35-52-46-14-5-4-13-45(46)49-17-10-18-53(60-54)59(49)52/h1-35,54,60H. The van der Waals surface area contributed by atoms with Gasteiger partial charge in [-0.2, -0.15) is 0 Å². The predicted octanol–water partition coefficient (Wildman–Crippen LogP) is 15.4. The van der Waals surface area contributed by atoms with E-state index in [9.17, 15) is 0 Å². The van der Waals surface area contributed by atoms with Gasteiger partial charge in [-0.05, 0) is 145 Å². The lowest BCUT2D eigenvalue weighted by Gasteiger charge is -2.26. The van der Waals surface area contributed by atoms with E-state index in [-0.39, 0.29) is 6.04 Å². The summed E-state index contributed by atoms with van der Waals surface area (Å²) in [6, 6.07) is 76.3. The molecular formula is C59H37N3. The molecule has 62 heavy (non-hydrogen) atoms. The number of nitrogens with one attached hydrogen (secondary N) is 1. The van der Waals surface area contributed by atoms with Gasteiger partial charge < -0.3 is 14.5 Å². The summed E-state index contributed by atoms with van der Waals surface area (Å²) in [6.45, 7) is 0. The minimum atomic E-state index is 0.0781. The van der Waals surface area contributed by atoms with E-state index in [0.717, 1.165) is 5.69 Å². The molecule has 1 N–H and O–H groups in total.